The van der Waals surface area contributed by atoms with E-state index in [9.17, 15) is 18.8 Å². The lowest BCUT2D eigenvalue weighted by molar-refractivity contribution is -0.128. The number of hydrogen-bond acceptors (Lipinski definition) is 3. The summed E-state index contributed by atoms with van der Waals surface area (Å²) in [6, 6.07) is 11.6. The third-order valence-electron chi connectivity index (χ3n) is 4.58. The highest BCUT2D eigenvalue weighted by Crippen LogP contribution is 2.20. The first-order valence-electron chi connectivity index (χ1n) is 8.93. The topological polar surface area (TPSA) is 105 Å². The lowest BCUT2D eigenvalue weighted by atomic mass is 10.1. The summed E-state index contributed by atoms with van der Waals surface area (Å²) in [4.78, 5) is 37.4. The molecule has 1 atom stereocenters. The molecular formula is C20H21FN4O3. The van der Waals surface area contributed by atoms with E-state index in [2.05, 4.69) is 10.6 Å². The number of likely N-dealkylation sites (tertiary alicyclic amines) is 1. The quantitative estimate of drug-likeness (QED) is 0.712. The van der Waals surface area contributed by atoms with Crippen LogP contribution in [0.25, 0.3) is 0 Å². The van der Waals surface area contributed by atoms with Gasteiger partial charge in [-0.15, -0.1) is 0 Å². The van der Waals surface area contributed by atoms with Crippen LogP contribution in [0.4, 0.5) is 14.9 Å². The number of primary amides is 1. The maximum atomic E-state index is 14.0. The van der Waals surface area contributed by atoms with Crippen LogP contribution in [0.5, 0.6) is 0 Å². The smallest absolute Gasteiger partial charge is 0.319 e. The number of hydrogen-bond donors (Lipinski definition) is 3. The molecule has 1 fully saturated rings. The van der Waals surface area contributed by atoms with Crippen LogP contribution in [0.3, 0.4) is 0 Å². The van der Waals surface area contributed by atoms with Crippen molar-refractivity contribution in [1.29, 1.82) is 0 Å². The van der Waals surface area contributed by atoms with E-state index in [1.807, 2.05) is 30.3 Å². The summed E-state index contributed by atoms with van der Waals surface area (Å²) in [7, 11) is 0. The van der Waals surface area contributed by atoms with Crippen molar-refractivity contribution in [2.75, 3.05) is 18.4 Å². The number of nitrogens with one attached hydrogen (secondary N) is 2. The highest BCUT2D eigenvalue weighted by Gasteiger charge is 2.25. The van der Waals surface area contributed by atoms with Crippen molar-refractivity contribution in [3.63, 3.8) is 0 Å². The number of carbonyl (C=O) groups excluding carboxylic acids is 3. The molecule has 146 valence electrons. The summed E-state index contributed by atoms with van der Waals surface area (Å²) in [6.45, 7) is 0.959. The van der Waals surface area contributed by atoms with E-state index in [0.717, 1.165) is 18.1 Å². The van der Waals surface area contributed by atoms with Gasteiger partial charge >= 0.3 is 6.03 Å². The predicted molar refractivity (Wildman–Crippen MR) is 102 cm³/mol. The van der Waals surface area contributed by atoms with E-state index in [1.165, 1.54) is 12.1 Å². The number of urea groups is 1. The van der Waals surface area contributed by atoms with Crippen LogP contribution in [-0.4, -0.2) is 35.8 Å². The molecule has 3 rings (SSSR count). The fourth-order valence-electron chi connectivity index (χ4n) is 3.13. The summed E-state index contributed by atoms with van der Waals surface area (Å²) in [5.41, 5.74) is 5.95. The molecule has 1 heterocycles. The van der Waals surface area contributed by atoms with E-state index < -0.39 is 23.8 Å². The number of rotatable bonds is 6. The highest BCUT2D eigenvalue weighted by atomic mass is 19.1. The minimum Gasteiger partial charge on any atom is -0.366 e. The molecule has 2 aromatic rings. The van der Waals surface area contributed by atoms with E-state index in [-0.39, 0.29) is 17.2 Å². The number of anilines is 1. The van der Waals surface area contributed by atoms with E-state index in [1.54, 1.807) is 4.90 Å². The van der Waals surface area contributed by atoms with Crippen molar-refractivity contribution in [3.8, 4) is 0 Å². The molecule has 0 bridgehead atoms. The Labute approximate surface area is 161 Å². The fraction of sp³-hybridized carbons (Fsp3) is 0.250. The third kappa shape index (κ3) is 4.64. The number of carbonyl (C=O) groups is 3. The van der Waals surface area contributed by atoms with Gasteiger partial charge in [0.25, 0.3) is 0 Å². The molecule has 28 heavy (non-hydrogen) atoms. The number of halogens is 1. The van der Waals surface area contributed by atoms with Crippen LogP contribution >= 0.6 is 0 Å². The minimum atomic E-state index is -0.724. The lowest BCUT2D eigenvalue weighted by Crippen LogP contribution is -2.40. The monoisotopic (exact) mass is 384 g/mol. The summed E-state index contributed by atoms with van der Waals surface area (Å²) in [6.07, 6.45) is 1.29. The second kappa shape index (κ2) is 8.51. The van der Waals surface area contributed by atoms with Gasteiger partial charge in [-0.3, -0.25) is 9.59 Å². The van der Waals surface area contributed by atoms with Gasteiger partial charge in [-0.1, -0.05) is 30.3 Å². The van der Waals surface area contributed by atoms with Gasteiger partial charge in [0.05, 0.1) is 11.7 Å². The van der Waals surface area contributed by atoms with Gasteiger partial charge in [-0.05, 0) is 30.2 Å². The third-order valence-corrected chi connectivity index (χ3v) is 4.58. The van der Waals surface area contributed by atoms with Gasteiger partial charge in [-0.25, -0.2) is 9.18 Å². The van der Waals surface area contributed by atoms with Crippen molar-refractivity contribution < 1.29 is 18.8 Å². The molecule has 4 amide bonds. The normalized spacial score (nSPS) is 14.6. The maximum absolute atomic E-state index is 14.0. The standard InChI is InChI=1S/C20H21FN4O3/c21-15-9-8-14(19(22)27)11-16(15)23-20(28)24-17(13-5-2-1-3-6-13)12-25-10-4-7-18(25)26/h1-3,5-6,8-9,11,17H,4,7,10,12H2,(H2,22,27)(H2,23,24,28)/t17-/m1/s1. The van der Waals surface area contributed by atoms with E-state index in [4.69, 9.17) is 5.73 Å². The molecule has 0 aromatic heterocycles. The Kier molecular flexibility index (Phi) is 5.88. The van der Waals surface area contributed by atoms with Crippen LogP contribution < -0.4 is 16.4 Å². The highest BCUT2D eigenvalue weighted by molar-refractivity contribution is 5.96. The molecule has 2 aromatic carbocycles. The average molecular weight is 384 g/mol. The van der Waals surface area contributed by atoms with Crippen LogP contribution in [0.1, 0.15) is 34.8 Å². The van der Waals surface area contributed by atoms with Gasteiger partial charge in [0.2, 0.25) is 11.8 Å². The van der Waals surface area contributed by atoms with Crippen molar-refractivity contribution in [2.45, 2.75) is 18.9 Å². The van der Waals surface area contributed by atoms with Gasteiger partial charge in [0.15, 0.2) is 0 Å². The molecule has 8 heteroatoms. The molecular weight excluding hydrogens is 363 g/mol. The van der Waals surface area contributed by atoms with Crippen molar-refractivity contribution in [1.82, 2.24) is 10.2 Å². The first-order valence-corrected chi connectivity index (χ1v) is 8.93. The molecule has 0 spiro atoms. The summed E-state index contributed by atoms with van der Waals surface area (Å²) in [5.74, 6) is -1.37. The van der Waals surface area contributed by atoms with Crippen LogP contribution in [0.15, 0.2) is 48.5 Å². The number of amides is 4. The molecule has 7 nitrogen and oxygen atoms in total. The zero-order valence-corrected chi connectivity index (χ0v) is 15.2. The maximum Gasteiger partial charge on any atom is 0.319 e. The Balaban J connectivity index is 1.75. The fourth-order valence-corrected chi connectivity index (χ4v) is 3.13. The Morgan fingerprint density at radius 3 is 2.57 bits per heavy atom. The number of benzene rings is 2. The van der Waals surface area contributed by atoms with Crippen LogP contribution in [0.2, 0.25) is 0 Å². The zero-order valence-electron chi connectivity index (χ0n) is 15.2. The molecule has 1 aliphatic rings. The Morgan fingerprint density at radius 2 is 1.93 bits per heavy atom. The van der Waals surface area contributed by atoms with Crippen molar-refractivity contribution in [3.05, 3.63) is 65.5 Å². The van der Waals surface area contributed by atoms with Crippen molar-refractivity contribution in [2.24, 2.45) is 5.73 Å². The SMILES string of the molecule is NC(=O)c1ccc(F)c(NC(=O)N[C@H](CN2CCCC2=O)c2ccccc2)c1. The molecule has 1 saturated heterocycles. The summed E-state index contributed by atoms with van der Waals surface area (Å²) in [5, 5.41) is 5.18. The molecule has 0 saturated carbocycles. The second-order valence-corrected chi connectivity index (χ2v) is 6.56. The van der Waals surface area contributed by atoms with Crippen molar-refractivity contribution >= 4 is 23.5 Å². The number of nitrogens with two attached hydrogens (primary N) is 1. The van der Waals surface area contributed by atoms with Gasteiger partial charge < -0.3 is 21.3 Å². The molecule has 0 unspecified atom stereocenters. The molecule has 0 radical (unpaired) electrons. The Hall–Kier alpha value is -3.42. The van der Waals surface area contributed by atoms with E-state index in [0.29, 0.717) is 19.5 Å². The van der Waals surface area contributed by atoms with Gasteiger partial charge in [0, 0.05) is 25.1 Å². The predicted octanol–water partition coefficient (Wildman–Crippen LogP) is 2.41. The molecule has 0 aliphatic carbocycles. The second-order valence-electron chi connectivity index (χ2n) is 6.56. The zero-order chi connectivity index (χ0) is 20.1. The Bertz CT molecular complexity index is 888. The molecule has 1 aliphatic heterocycles. The summed E-state index contributed by atoms with van der Waals surface area (Å²) < 4.78 is 14.0. The summed E-state index contributed by atoms with van der Waals surface area (Å²) >= 11 is 0. The Morgan fingerprint density at radius 1 is 1.18 bits per heavy atom. The van der Waals surface area contributed by atoms with Crippen LogP contribution in [-0.2, 0) is 4.79 Å². The number of nitrogens with zero attached hydrogens (tertiary/aromatic N) is 1. The van der Waals surface area contributed by atoms with Gasteiger partial charge in [-0.2, -0.15) is 0 Å². The van der Waals surface area contributed by atoms with Crippen LogP contribution in [0, 0.1) is 5.82 Å². The first kappa shape index (κ1) is 19.3. The minimum absolute atomic E-state index is 0.0448. The lowest BCUT2D eigenvalue weighted by Gasteiger charge is -2.25. The molecule has 4 N–H and O–H groups in total. The van der Waals surface area contributed by atoms with E-state index >= 15 is 0 Å². The van der Waals surface area contributed by atoms with Gasteiger partial charge in [0.1, 0.15) is 5.82 Å². The average Bonchev–Trinajstić information content (AvgIpc) is 3.08. The first-order chi connectivity index (χ1) is 13.4. The largest absolute Gasteiger partial charge is 0.366 e.